The van der Waals surface area contributed by atoms with Crippen molar-refractivity contribution in [2.45, 2.75) is 38.1 Å². The molecule has 2 aromatic carbocycles. The highest BCUT2D eigenvalue weighted by Crippen LogP contribution is 2.37. The zero-order valence-electron chi connectivity index (χ0n) is 19.7. The van der Waals surface area contributed by atoms with Crippen LogP contribution in [0, 0.1) is 0 Å². The molecule has 1 aliphatic heterocycles. The van der Waals surface area contributed by atoms with Gasteiger partial charge in [-0.25, -0.2) is 4.79 Å². The summed E-state index contributed by atoms with van der Waals surface area (Å²) in [6, 6.07) is 11.0. The summed E-state index contributed by atoms with van der Waals surface area (Å²) in [6.45, 7) is -0.315. The van der Waals surface area contributed by atoms with Crippen molar-refractivity contribution < 1.29 is 28.7 Å². The Morgan fingerprint density at radius 3 is 2.56 bits per heavy atom. The average molecular weight is 512 g/mol. The monoisotopic (exact) mass is 511 g/mol. The minimum absolute atomic E-state index is 0.123. The first kappa shape index (κ1) is 25.2. The van der Waals surface area contributed by atoms with Gasteiger partial charge < -0.3 is 14.8 Å². The molecule has 1 aliphatic carbocycles. The van der Waals surface area contributed by atoms with Gasteiger partial charge in [-0.1, -0.05) is 49.1 Å². The van der Waals surface area contributed by atoms with E-state index in [0.29, 0.717) is 24.1 Å². The van der Waals surface area contributed by atoms with Crippen LogP contribution in [0.15, 0.2) is 48.0 Å². The van der Waals surface area contributed by atoms with Gasteiger partial charge in [-0.15, -0.1) is 0 Å². The Hall–Kier alpha value is -3.85. The summed E-state index contributed by atoms with van der Waals surface area (Å²) < 4.78 is 11.0. The molecule has 0 unspecified atom stereocenters. The van der Waals surface area contributed by atoms with E-state index in [1.807, 2.05) is 6.07 Å². The molecule has 0 spiro atoms. The molecule has 0 atom stereocenters. The van der Waals surface area contributed by atoms with Crippen molar-refractivity contribution in [1.29, 1.82) is 0 Å². The Kier molecular flexibility index (Phi) is 7.90. The van der Waals surface area contributed by atoms with Gasteiger partial charge in [0.15, 0.2) is 18.1 Å². The number of rotatable bonds is 7. The molecule has 1 saturated carbocycles. The van der Waals surface area contributed by atoms with Crippen molar-refractivity contribution in [3.63, 3.8) is 0 Å². The van der Waals surface area contributed by atoms with Crippen molar-refractivity contribution in [1.82, 2.24) is 10.2 Å². The first-order valence-corrected chi connectivity index (χ1v) is 12.0. The maximum atomic E-state index is 13.1. The van der Waals surface area contributed by atoms with Crippen LogP contribution < -0.4 is 20.1 Å². The van der Waals surface area contributed by atoms with Gasteiger partial charge in [0.05, 0.1) is 12.1 Å². The highest BCUT2D eigenvalue weighted by Gasteiger charge is 2.40. The van der Waals surface area contributed by atoms with E-state index in [4.69, 9.17) is 21.1 Å². The van der Waals surface area contributed by atoms with Crippen molar-refractivity contribution in [3.05, 3.63) is 58.6 Å². The third-order valence-electron chi connectivity index (χ3n) is 6.04. The van der Waals surface area contributed by atoms with Crippen molar-refractivity contribution >= 4 is 47.1 Å². The normalized spacial score (nSPS) is 17.7. The Bertz CT molecular complexity index is 1210. The first-order valence-electron chi connectivity index (χ1n) is 11.6. The van der Waals surface area contributed by atoms with Crippen molar-refractivity contribution in [3.8, 4) is 11.5 Å². The summed E-state index contributed by atoms with van der Waals surface area (Å²) in [7, 11) is 1.40. The first-order chi connectivity index (χ1) is 17.4. The maximum absolute atomic E-state index is 13.1. The van der Waals surface area contributed by atoms with Crippen LogP contribution in [-0.2, 0) is 14.4 Å². The van der Waals surface area contributed by atoms with E-state index in [0.717, 1.165) is 24.2 Å². The van der Waals surface area contributed by atoms with Gasteiger partial charge in [-0.3, -0.25) is 24.6 Å². The van der Waals surface area contributed by atoms with E-state index < -0.39 is 17.8 Å². The smallest absolute Gasteiger partial charge is 0.331 e. The Morgan fingerprint density at radius 1 is 1.14 bits per heavy atom. The summed E-state index contributed by atoms with van der Waals surface area (Å²) >= 11 is 6.41. The average Bonchev–Trinajstić information content (AvgIpc) is 2.86. The number of carbonyl (C=O) groups excluding carboxylic acids is 4. The van der Waals surface area contributed by atoms with E-state index in [1.165, 1.54) is 25.3 Å². The minimum atomic E-state index is -0.773. The molecule has 4 rings (SSSR count). The van der Waals surface area contributed by atoms with Crippen LogP contribution >= 0.6 is 11.6 Å². The number of carbonyl (C=O) groups is 4. The molecule has 1 saturated heterocycles. The molecule has 5 amide bonds. The molecule has 2 N–H and O–H groups in total. The molecule has 9 nitrogen and oxygen atoms in total. The zero-order valence-corrected chi connectivity index (χ0v) is 20.5. The number of barbiturate groups is 1. The molecule has 0 aromatic heterocycles. The van der Waals surface area contributed by atoms with Crippen molar-refractivity contribution in [2.75, 3.05) is 19.0 Å². The van der Waals surface area contributed by atoms with Gasteiger partial charge in [0.25, 0.3) is 17.7 Å². The number of nitrogens with zero attached hydrogens (tertiary/aromatic N) is 1. The number of hydrogen-bond acceptors (Lipinski definition) is 6. The van der Waals surface area contributed by atoms with Crippen LogP contribution in [0.1, 0.15) is 37.7 Å². The fraction of sp³-hybridized carbons (Fsp3) is 0.308. The third kappa shape index (κ3) is 5.68. The van der Waals surface area contributed by atoms with Crippen LogP contribution in [0.4, 0.5) is 10.5 Å². The second kappa shape index (κ2) is 11.3. The van der Waals surface area contributed by atoms with E-state index in [2.05, 4.69) is 10.6 Å². The summed E-state index contributed by atoms with van der Waals surface area (Å²) in [4.78, 5) is 51.4. The fourth-order valence-electron chi connectivity index (χ4n) is 4.33. The number of ether oxygens (including phenoxy) is 2. The summed E-state index contributed by atoms with van der Waals surface area (Å²) in [5, 5.41) is 5.09. The maximum Gasteiger partial charge on any atom is 0.331 e. The lowest BCUT2D eigenvalue weighted by Crippen LogP contribution is -2.58. The third-order valence-corrected chi connectivity index (χ3v) is 6.32. The number of amides is 5. The Labute approximate surface area is 213 Å². The summed E-state index contributed by atoms with van der Waals surface area (Å²) in [6.07, 6.45) is 5.69. The van der Waals surface area contributed by atoms with Gasteiger partial charge in [0.2, 0.25) is 0 Å². The molecule has 1 heterocycles. The Balaban J connectivity index is 1.52. The lowest BCUT2D eigenvalue weighted by atomic mass is 9.93. The highest BCUT2D eigenvalue weighted by atomic mass is 35.5. The van der Waals surface area contributed by atoms with Crippen LogP contribution in [0.3, 0.4) is 0 Å². The highest BCUT2D eigenvalue weighted by molar-refractivity contribution is 6.33. The predicted octanol–water partition coefficient (Wildman–Crippen LogP) is 4.16. The van der Waals surface area contributed by atoms with Crippen molar-refractivity contribution in [2.24, 2.45) is 0 Å². The van der Waals surface area contributed by atoms with Crippen LogP contribution in [0.25, 0.3) is 6.08 Å². The van der Waals surface area contributed by atoms with E-state index in [1.54, 1.807) is 24.3 Å². The SMILES string of the molecule is COc1cc(C=C2C(=O)NC(=O)N(C3CCCCC3)C2=O)cc(Cl)c1OCC(=O)Nc1ccccc1. The van der Waals surface area contributed by atoms with E-state index >= 15 is 0 Å². The topological polar surface area (TPSA) is 114 Å². The molecule has 36 heavy (non-hydrogen) atoms. The number of anilines is 1. The number of hydrogen-bond donors (Lipinski definition) is 2. The molecule has 2 aromatic rings. The predicted molar refractivity (Wildman–Crippen MR) is 134 cm³/mol. The molecule has 188 valence electrons. The minimum Gasteiger partial charge on any atom is -0.493 e. The van der Waals surface area contributed by atoms with Crippen LogP contribution in [0.5, 0.6) is 11.5 Å². The molecule has 10 heteroatoms. The Morgan fingerprint density at radius 2 is 1.86 bits per heavy atom. The number of nitrogens with one attached hydrogen (secondary N) is 2. The molecular weight excluding hydrogens is 486 g/mol. The number of para-hydroxylation sites is 1. The molecule has 0 bridgehead atoms. The second-order valence-corrected chi connectivity index (χ2v) is 8.93. The van der Waals surface area contributed by atoms with Gasteiger partial charge in [0.1, 0.15) is 5.57 Å². The summed E-state index contributed by atoms with van der Waals surface area (Å²) in [5.41, 5.74) is 0.853. The van der Waals surface area contributed by atoms with Gasteiger partial charge in [-0.05, 0) is 48.7 Å². The van der Waals surface area contributed by atoms with Crippen LogP contribution in [-0.4, -0.2) is 48.4 Å². The number of imide groups is 2. The largest absolute Gasteiger partial charge is 0.493 e. The van der Waals surface area contributed by atoms with Crippen LogP contribution in [0.2, 0.25) is 5.02 Å². The number of methoxy groups -OCH3 is 1. The van der Waals surface area contributed by atoms with Gasteiger partial charge in [0, 0.05) is 11.7 Å². The van der Waals surface area contributed by atoms with E-state index in [9.17, 15) is 19.2 Å². The lowest BCUT2D eigenvalue weighted by Gasteiger charge is -2.35. The lowest BCUT2D eigenvalue weighted by molar-refractivity contribution is -0.132. The standard InChI is InChI=1S/C26H26ClN3O6/c1-35-21-14-16(13-20(27)23(21)36-15-22(31)28-17-8-4-2-5-9-17)12-19-24(32)29-26(34)30(25(19)33)18-10-6-3-7-11-18/h2,4-5,8-9,12-14,18H,3,6-7,10-11,15H2,1H3,(H,28,31)(H,29,32,34). The molecule has 2 fully saturated rings. The molecular formula is C26H26ClN3O6. The number of halogens is 1. The molecule has 2 aliphatic rings. The number of urea groups is 1. The summed E-state index contributed by atoms with van der Waals surface area (Å²) in [5.74, 6) is -1.44. The van der Waals surface area contributed by atoms with Gasteiger partial charge in [-0.2, -0.15) is 0 Å². The second-order valence-electron chi connectivity index (χ2n) is 8.52. The fourth-order valence-corrected chi connectivity index (χ4v) is 4.60. The quantitative estimate of drug-likeness (QED) is 0.426. The van der Waals surface area contributed by atoms with Gasteiger partial charge >= 0.3 is 6.03 Å². The van der Waals surface area contributed by atoms with E-state index in [-0.39, 0.29) is 40.7 Å². The zero-order chi connectivity index (χ0) is 25.7. The number of benzene rings is 2. The molecule has 0 radical (unpaired) electrons.